The summed E-state index contributed by atoms with van der Waals surface area (Å²) in [6, 6.07) is 5.46. The van der Waals surface area contributed by atoms with Gasteiger partial charge in [0.05, 0.1) is 19.3 Å². The van der Waals surface area contributed by atoms with Crippen LogP contribution in [0.5, 0.6) is 5.75 Å². The monoisotopic (exact) mass is 357 g/mol. The Morgan fingerprint density at radius 2 is 2.05 bits per heavy atom. The largest absolute Gasteiger partial charge is 0.495 e. The number of benzene rings is 1. The average Bonchev–Trinajstić information content (AvgIpc) is 2.42. The molecular formula is C13H22Cl3N3O2. The predicted octanol–water partition coefficient (Wildman–Crippen LogP) is 2.33. The van der Waals surface area contributed by atoms with Crippen molar-refractivity contribution in [2.24, 2.45) is 0 Å². The van der Waals surface area contributed by atoms with E-state index in [4.69, 9.17) is 16.3 Å². The van der Waals surface area contributed by atoms with Gasteiger partial charge in [0.25, 0.3) is 0 Å². The molecule has 1 unspecified atom stereocenters. The van der Waals surface area contributed by atoms with Crippen molar-refractivity contribution in [3.05, 3.63) is 23.2 Å². The molecule has 0 heterocycles. The quantitative estimate of drug-likeness (QED) is 0.700. The first-order valence-electron chi connectivity index (χ1n) is 6.08. The van der Waals surface area contributed by atoms with Gasteiger partial charge in [-0.1, -0.05) is 11.6 Å². The summed E-state index contributed by atoms with van der Waals surface area (Å²) in [7, 11) is 3.43. The number of nitrogens with one attached hydrogen (secondary N) is 3. The highest BCUT2D eigenvalue weighted by Crippen LogP contribution is 2.27. The van der Waals surface area contributed by atoms with Crippen LogP contribution in [0, 0.1) is 0 Å². The fourth-order valence-electron chi connectivity index (χ4n) is 1.43. The minimum atomic E-state index is -0.0795. The summed E-state index contributed by atoms with van der Waals surface area (Å²) in [6.07, 6.45) is 0. The number of likely N-dealkylation sites (N-methyl/N-ethyl adjacent to an activating group) is 1. The van der Waals surface area contributed by atoms with Crippen LogP contribution in [0.25, 0.3) is 0 Å². The molecule has 1 aromatic carbocycles. The fraction of sp³-hybridized carbons (Fsp3) is 0.462. The molecule has 122 valence electrons. The van der Waals surface area contributed by atoms with Gasteiger partial charge in [-0.05, 0) is 32.2 Å². The lowest BCUT2D eigenvalue weighted by Crippen LogP contribution is -2.39. The summed E-state index contributed by atoms with van der Waals surface area (Å²) in [5.41, 5.74) is 0.701. The zero-order valence-electron chi connectivity index (χ0n) is 12.2. The number of amides is 1. The minimum absolute atomic E-state index is 0. The number of carbonyl (C=O) groups excluding carboxylic acids is 1. The van der Waals surface area contributed by atoms with Gasteiger partial charge in [0.15, 0.2) is 0 Å². The third kappa shape index (κ3) is 8.21. The molecule has 0 aromatic heterocycles. The van der Waals surface area contributed by atoms with Gasteiger partial charge < -0.3 is 20.7 Å². The first-order valence-corrected chi connectivity index (χ1v) is 6.46. The van der Waals surface area contributed by atoms with Crippen LogP contribution in [0.4, 0.5) is 5.69 Å². The number of anilines is 1. The highest BCUT2D eigenvalue weighted by Gasteiger charge is 2.07. The highest BCUT2D eigenvalue weighted by atomic mass is 35.5. The highest BCUT2D eigenvalue weighted by molar-refractivity contribution is 6.30. The van der Waals surface area contributed by atoms with Crippen molar-refractivity contribution in [2.45, 2.75) is 13.0 Å². The Bertz CT molecular complexity index is 433. The SMILES string of the molecule is CNC(C)CNC(=O)CNc1cc(Cl)ccc1OC.Cl.Cl. The molecule has 0 saturated carbocycles. The van der Waals surface area contributed by atoms with Gasteiger partial charge >= 0.3 is 0 Å². The maximum Gasteiger partial charge on any atom is 0.239 e. The smallest absolute Gasteiger partial charge is 0.239 e. The van der Waals surface area contributed by atoms with Crippen LogP contribution < -0.4 is 20.7 Å². The van der Waals surface area contributed by atoms with E-state index < -0.39 is 0 Å². The molecule has 0 aliphatic rings. The van der Waals surface area contributed by atoms with Crippen molar-refractivity contribution in [3.8, 4) is 5.75 Å². The van der Waals surface area contributed by atoms with Crippen LogP contribution in [-0.4, -0.2) is 39.2 Å². The zero-order chi connectivity index (χ0) is 14.3. The van der Waals surface area contributed by atoms with E-state index in [0.29, 0.717) is 23.0 Å². The van der Waals surface area contributed by atoms with Crippen molar-refractivity contribution < 1.29 is 9.53 Å². The first-order chi connectivity index (χ1) is 9.06. The van der Waals surface area contributed by atoms with E-state index >= 15 is 0 Å². The second kappa shape index (κ2) is 11.7. The molecule has 5 nitrogen and oxygen atoms in total. The summed E-state index contributed by atoms with van der Waals surface area (Å²) in [5.74, 6) is 0.574. The Kier molecular flexibility index (Phi) is 12.5. The van der Waals surface area contributed by atoms with Gasteiger partial charge in [-0.25, -0.2) is 0 Å². The van der Waals surface area contributed by atoms with E-state index in [-0.39, 0.29) is 43.3 Å². The van der Waals surface area contributed by atoms with Gasteiger partial charge in [-0.3, -0.25) is 4.79 Å². The van der Waals surface area contributed by atoms with E-state index in [1.165, 1.54) is 0 Å². The van der Waals surface area contributed by atoms with Gasteiger partial charge in [-0.2, -0.15) is 0 Å². The molecule has 1 rings (SSSR count). The molecule has 0 aliphatic carbocycles. The zero-order valence-corrected chi connectivity index (χ0v) is 14.6. The molecule has 0 fully saturated rings. The minimum Gasteiger partial charge on any atom is -0.495 e. The number of halogens is 3. The van der Waals surface area contributed by atoms with E-state index in [2.05, 4.69) is 16.0 Å². The van der Waals surface area contributed by atoms with E-state index in [1.54, 1.807) is 25.3 Å². The van der Waals surface area contributed by atoms with Crippen molar-refractivity contribution >= 4 is 48.0 Å². The van der Waals surface area contributed by atoms with Crippen molar-refractivity contribution in [3.63, 3.8) is 0 Å². The molecule has 0 saturated heterocycles. The third-order valence-corrected chi connectivity index (χ3v) is 2.93. The molecular weight excluding hydrogens is 337 g/mol. The Labute approximate surface area is 143 Å². The van der Waals surface area contributed by atoms with E-state index in [1.807, 2.05) is 14.0 Å². The average molecular weight is 359 g/mol. The van der Waals surface area contributed by atoms with Gasteiger partial charge in [0, 0.05) is 17.6 Å². The normalized spacial score (nSPS) is 10.7. The number of hydrogen-bond acceptors (Lipinski definition) is 4. The molecule has 1 aromatic rings. The summed E-state index contributed by atoms with van der Waals surface area (Å²) >= 11 is 5.91. The molecule has 0 spiro atoms. The topological polar surface area (TPSA) is 62.4 Å². The molecule has 8 heteroatoms. The third-order valence-electron chi connectivity index (χ3n) is 2.70. The molecule has 0 bridgehead atoms. The summed E-state index contributed by atoms with van der Waals surface area (Å²) in [4.78, 5) is 11.6. The number of carbonyl (C=O) groups is 1. The van der Waals surface area contributed by atoms with Crippen LogP contribution >= 0.6 is 36.4 Å². The lowest BCUT2D eigenvalue weighted by molar-refractivity contribution is -0.119. The lowest BCUT2D eigenvalue weighted by atomic mass is 10.3. The van der Waals surface area contributed by atoms with E-state index in [0.717, 1.165) is 0 Å². The number of ether oxygens (including phenoxy) is 1. The predicted molar refractivity (Wildman–Crippen MR) is 92.5 cm³/mol. The Hall–Kier alpha value is -0.880. The molecule has 0 radical (unpaired) electrons. The van der Waals surface area contributed by atoms with E-state index in [9.17, 15) is 4.79 Å². The van der Waals surface area contributed by atoms with Crippen LogP contribution in [0.1, 0.15) is 6.92 Å². The Morgan fingerprint density at radius 3 is 2.62 bits per heavy atom. The molecule has 21 heavy (non-hydrogen) atoms. The molecule has 1 amide bonds. The number of hydrogen-bond donors (Lipinski definition) is 3. The summed E-state index contributed by atoms with van der Waals surface area (Å²) < 4.78 is 5.19. The lowest BCUT2D eigenvalue weighted by Gasteiger charge is -2.13. The fourth-order valence-corrected chi connectivity index (χ4v) is 1.60. The van der Waals surface area contributed by atoms with Crippen molar-refractivity contribution in [1.29, 1.82) is 0 Å². The second-order valence-corrected chi connectivity index (χ2v) is 4.63. The standard InChI is InChI=1S/C13H20ClN3O2.2ClH/c1-9(15-2)7-17-13(18)8-16-11-6-10(14)4-5-12(11)19-3;;/h4-6,9,15-16H,7-8H2,1-3H3,(H,17,18);2*1H. The Morgan fingerprint density at radius 1 is 1.38 bits per heavy atom. The maximum absolute atomic E-state index is 11.6. The summed E-state index contributed by atoms with van der Waals surface area (Å²) in [6.45, 7) is 2.75. The number of rotatable bonds is 7. The molecule has 3 N–H and O–H groups in total. The second-order valence-electron chi connectivity index (χ2n) is 4.19. The first kappa shape index (κ1) is 22.4. The van der Waals surface area contributed by atoms with Gasteiger partial charge in [0.2, 0.25) is 5.91 Å². The summed E-state index contributed by atoms with van der Waals surface area (Å²) in [5, 5.41) is 9.46. The maximum atomic E-state index is 11.6. The molecule has 0 aliphatic heterocycles. The number of methoxy groups -OCH3 is 1. The van der Waals surface area contributed by atoms with Crippen LogP contribution in [0.3, 0.4) is 0 Å². The van der Waals surface area contributed by atoms with Gasteiger partial charge in [-0.15, -0.1) is 24.8 Å². The van der Waals surface area contributed by atoms with Crippen molar-refractivity contribution in [2.75, 3.05) is 32.6 Å². The van der Waals surface area contributed by atoms with Crippen LogP contribution in [-0.2, 0) is 4.79 Å². The van der Waals surface area contributed by atoms with Gasteiger partial charge in [0.1, 0.15) is 5.75 Å². The van der Waals surface area contributed by atoms with Crippen molar-refractivity contribution in [1.82, 2.24) is 10.6 Å². The van der Waals surface area contributed by atoms with Crippen LogP contribution in [0.2, 0.25) is 5.02 Å². The Balaban J connectivity index is 0. The molecule has 1 atom stereocenters. The van der Waals surface area contributed by atoms with Crippen LogP contribution in [0.15, 0.2) is 18.2 Å².